The largest absolute Gasteiger partial charge is 0.497 e. The Hall–Kier alpha value is -2.77. The Kier molecular flexibility index (Phi) is 6.06. The highest BCUT2D eigenvalue weighted by molar-refractivity contribution is 7.80. The molecule has 28 heavy (non-hydrogen) atoms. The van der Waals surface area contributed by atoms with Crippen molar-refractivity contribution in [1.82, 2.24) is 10.6 Å². The second-order valence-corrected chi connectivity index (χ2v) is 6.77. The molecule has 0 unspecified atom stereocenters. The number of nitrogens with one attached hydrogen (secondary N) is 2. The lowest BCUT2D eigenvalue weighted by Crippen LogP contribution is -2.45. The molecule has 1 atom stereocenters. The van der Waals surface area contributed by atoms with Gasteiger partial charge in [0.25, 0.3) is 0 Å². The van der Waals surface area contributed by atoms with Crippen LogP contribution >= 0.6 is 23.8 Å². The van der Waals surface area contributed by atoms with Crippen LogP contribution in [0.3, 0.4) is 0 Å². The van der Waals surface area contributed by atoms with Crippen molar-refractivity contribution >= 4 is 40.6 Å². The van der Waals surface area contributed by atoms with Crippen molar-refractivity contribution in [1.29, 1.82) is 0 Å². The first kappa shape index (κ1) is 20.0. The first-order valence-electron chi connectivity index (χ1n) is 8.36. The number of carbonyl (C=O) groups excluding carboxylic acids is 1. The van der Waals surface area contributed by atoms with Crippen molar-refractivity contribution in [3.05, 3.63) is 64.2 Å². The van der Waals surface area contributed by atoms with Crippen LogP contribution in [0.5, 0.6) is 11.5 Å². The molecule has 146 valence electrons. The third-order valence-electron chi connectivity index (χ3n) is 4.36. The summed E-state index contributed by atoms with van der Waals surface area (Å²) in [6.07, 6.45) is 0. The lowest BCUT2D eigenvalue weighted by molar-refractivity contribution is -0.136. The molecule has 1 aliphatic rings. The van der Waals surface area contributed by atoms with E-state index in [4.69, 9.17) is 38.0 Å². The highest BCUT2D eigenvalue weighted by Gasteiger charge is 2.34. The van der Waals surface area contributed by atoms with E-state index in [0.717, 1.165) is 5.56 Å². The zero-order chi connectivity index (χ0) is 20.3. The zero-order valence-corrected chi connectivity index (χ0v) is 17.1. The first-order chi connectivity index (χ1) is 13.5. The standard InChI is InChI=1S/C20H19ClN2O4S/c1-25-13-8-9-15(26-2)14(10-13)18-16(19(24)27-3)17(22-20(28)23-18)11-4-6-12(21)7-5-11/h4-10,18H,1-3H3,(H2,22,23,28)/t18-/m1/s1. The second kappa shape index (κ2) is 8.50. The lowest BCUT2D eigenvalue weighted by Gasteiger charge is -2.31. The van der Waals surface area contributed by atoms with Crippen LogP contribution in [-0.4, -0.2) is 32.4 Å². The minimum atomic E-state index is -0.600. The molecule has 3 rings (SSSR count). The molecule has 0 saturated heterocycles. The van der Waals surface area contributed by atoms with E-state index in [-0.39, 0.29) is 0 Å². The van der Waals surface area contributed by atoms with Gasteiger partial charge >= 0.3 is 5.97 Å². The van der Waals surface area contributed by atoms with E-state index in [9.17, 15) is 4.79 Å². The molecular weight excluding hydrogens is 400 g/mol. The molecule has 1 aliphatic heterocycles. The predicted octanol–water partition coefficient (Wildman–Crippen LogP) is 3.46. The third-order valence-corrected chi connectivity index (χ3v) is 4.83. The van der Waals surface area contributed by atoms with Crippen LogP contribution < -0.4 is 20.1 Å². The van der Waals surface area contributed by atoms with Crippen LogP contribution in [0.25, 0.3) is 5.70 Å². The average Bonchev–Trinajstić information content (AvgIpc) is 2.72. The third kappa shape index (κ3) is 3.90. The molecular formula is C20H19ClN2O4S. The van der Waals surface area contributed by atoms with Crippen LogP contribution in [-0.2, 0) is 9.53 Å². The number of rotatable bonds is 5. The maximum absolute atomic E-state index is 12.8. The first-order valence-corrected chi connectivity index (χ1v) is 9.15. The fourth-order valence-corrected chi connectivity index (χ4v) is 3.38. The fourth-order valence-electron chi connectivity index (χ4n) is 3.04. The summed E-state index contributed by atoms with van der Waals surface area (Å²) in [6, 6.07) is 11.9. The number of methoxy groups -OCH3 is 3. The summed E-state index contributed by atoms with van der Waals surface area (Å²) in [6.45, 7) is 0. The van der Waals surface area contributed by atoms with Gasteiger partial charge in [-0.25, -0.2) is 4.79 Å². The average molecular weight is 419 g/mol. The topological polar surface area (TPSA) is 68.8 Å². The molecule has 0 spiro atoms. The quantitative estimate of drug-likeness (QED) is 0.569. The van der Waals surface area contributed by atoms with Gasteiger partial charge in [-0.3, -0.25) is 0 Å². The van der Waals surface area contributed by atoms with Gasteiger partial charge in [0.1, 0.15) is 11.5 Å². The molecule has 2 aromatic carbocycles. The summed E-state index contributed by atoms with van der Waals surface area (Å²) < 4.78 is 15.9. The number of carbonyl (C=O) groups is 1. The number of ether oxygens (including phenoxy) is 3. The van der Waals surface area contributed by atoms with Crippen LogP contribution in [0.15, 0.2) is 48.0 Å². The Morgan fingerprint density at radius 3 is 2.39 bits per heavy atom. The molecule has 2 aromatic rings. The summed E-state index contributed by atoms with van der Waals surface area (Å²) >= 11 is 11.4. The number of hydrogen-bond donors (Lipinski definition) is 2. The summed E-state index contributed by atoms with van der Waals surface area (Å²) in [5, 5.41) is 7.16. The van der Waals surface area contributed by atoms with E-state index in [1.807, 2.05) is 0 Å². The molecule has 6 nitrogen and oxygen atoms in total. The Morgan fingerprint density at radius 2 is 1.79 bits per heavy atom. The summed E-state index contributed by atoms with van der Waals surface area (Å²) in [5.74, 6) is 0.710. The maximum atomic E-state index is 12.8. The van der Waals surface area contributed by atoms with E-state index in [0.29, 0.717) is 38.5 Å². The van der Waals surface area contributed by atoms with Gasteiger partial charge in [0, 0.05) is 10.6 Å². The van der Waals surface area contributed by atoms with Crippen LogP contribution in [0.1, 0.15) is 17.2 Å². The minimum Gasteiger partial charge on any atom is -0.497 e. The van der Waals surface area contributed by atoms with Crippen molar-refractivity contribution in [2.24, 2.45) is 0 Å². The molecule has 2 N–H and O–H groups in total. The Balaban J connectivity index is 2.24. The monoisotopic (exact) mass is 418 g/mol. The van der Waals surface area contributed by atoms with E-state index >= 15 is 0 Å². The van der Waals surface area contributed by atoms with Crippen LogP contribution in [0, 0.1) is 0 Å². The van der Waals surface area contributed by atoms with E-state index < -0.39 is 12.0 Å². The van der Waals surface area contributed by atoms with Gasteiger partial charge in [-0.05, 0) is 48.1 Å². The van der Waals surface area contributed by atoms with Crippen molar-refractivity contribution in [2.75, 3.05) is 21.3 Å². The number of thiocarbonyl (C=S) groups is 1. The van der Waals surface area contributed by atoms with Gasteiger partial charge < -0.3 is 24.8 Å². The van der Waals surface area contributed by atoms with E-state index in [2.05, 4.69) is 10.6 Å². The van der Waals surface area contributed by atoms with Gasteiger partial charge in [-0.1, -0.05) is 23.7 Å². The van der Waals surface area contributed by atoms with Gasteiger partial charge in [0.05, 0.1) is 38.6 Å². The fraction of sp³-hybridized carbons (Fsp3) is 0.200. The summed E-state index contributed by atoms with van der Waals surface area (Å²) in [7, 11) is 4.47. The van der Waals surface area contributed by atoms with E-state index in [1.54, 1.807) is 56.7 Å². The van der Waals surface area contributed by atoms with Crippen molar-refractivity contribution in [3.63, 3.8) is 0 Å². The number of benzene rings is 2. The second-order valence-electron chi connectivity index (χ2n) is 5.93. The Bertz CT molecular complexity index is 944. The van der Waals surface area contributed by atoms with Gasteiger partial charge in [0.2, 0.25) is 0 Å². The Morgan fingerprint density at radius 1 is 1.07 bits per heavy atom. The number of hydrogen-bond acceptors (Lipinski definition) is 5. The molecule has 8 heteroatoms. The zero-order valence-electron chi connectivity index (χ0n) is 15.5. The molecule has 0 bridgehead atoms. The number of halogens is 1. The molecule has 0 amide bonds. The lowest BCUT2D eigenvalue weighted by atomic mass is 9.92. The molecule has 0 aromatic heterocycles. The smallest absolute Gasteiger partial charge is 0.338 e. The van der Waals surface area contributed by atoms with Crippen molar-refractivity contribution in [2.45, 2.75) is 6.04 Å². The minimum absolute atomic E-state index is 0.366. The predicted molar refractivity (Wildman–Crippen MR) is 112 cm³/mol. The molecule has 0 radical (unpaired) electrons. The van der Waals surface area contributed by atoms with E-state index in [1.165, 1.54) is 7.11 Å². The number of esters is 1. The summed E-state index contributed by atoms with van der Waals surface area (Å²) in [4.78, 5) is 12.8. The maximum Gasteiger partial charge on any atom is 0.338 e. The van der Waals surface area contributed by atoms with Gasteiger partial charge in [0.15, 0.2) is 5.11 Å². The van der Waals surface area contributed by atoms with Crippen LogP contribution in [0.2, 0.25) is 5.02 Å². The SMILES string of the molecule is COC(=O)C1=C(c2ccc(Cl)cc2)NC(=S)N[C@@H]1c1cc(OC)ccc1OC. The van der Waals surface area contributed by atoms with Crippen molar-refractivity contribution < 1.29 is 19.0 Å². The highest BCUT2D eigenvalue weighted by atomic mass is 35.5. The summed E-state index contributed by atoms with van der Waals surface area (Å²) in [5.41, 5.74) is 2.35. The highest BCUT2D eigenvalue weighted by Crippen LogP contribution is 2.38. The van der Waals surface area contributed by atoms with Crippen LogP contribution in [0.4, 0.5) is 0 Å². The van der Waals surface area contributed by atoms with Crippen molar-refractivity contribution in [3.8, 4) is 11.5 Å². The molecule has 0 saturated carbocycles. The van der Waals surface area contributed by atoms with Gasteiger partial charge in [-0.15, -0.1) is 0 Å². The Labute approximate surface area is 173 Å². The molecule has 1 heterocycles. The normalized spacial score (nSPS) is 16.1. The molecule has 0 aliphatic carbocycles. The van der Waals surface area contributed by atoms with Gasteiger partial charge in [-0.2, -0.15) is 0 Å². The molecule has 0 fully saturated rings.